The second kappa shape index (κ2) is 15.4. The highest BCUT2D eigenvalue weighted by Crippen LogP contribution is 2.44. The van der Waals surface area contributed by atoms with Gasteiger partial charge in [-0.3, -0.25) is 0 Å². The average molecular weight is 982 g/mol. The Morgan fingerprint density at radius 2 is 0.853 bits per heavy atom. The number of benzene rings is 10. The summed E-state index contributed by atoms with van der Waals surface area (Å²) in [5, 5.41) is 7.07. The van der Waals surface area contributed by atoms with Gasteiger partial charge in [0.05, 0.1) is 31.5 Å². The Morgan fingerprint density at radius 3 is 1.49 bits per heavy atom. The fraction of sp³-hybridized carbons (Fsp3) is 0. The zero-order valence-electron chi connectivity index (χ0n) is 36.8. The van der Waals surface area contributed by atoms with Crippen molar-refractivity contribution < 1.29 is 4.42 Å². The van der Waals surface area contributed by atoms with Crippen molar-refractivity contribution in [1.82, 2.24) is 9.13 Å². The van der Waals surface area contributed by atoms with Gasteiger partial charge < -0.3 is 13.6 Å². The van der Waals surface area contributed by atoms with E-state index < -0.39 is 18.9 Å². The first-order valence-corrected chi connectivity index (χ1v) is 26.6. The van der Waals surface area contributed by atoms with E-state index in [1.165, 1.54) is 69.4 Å². The van der Waals surface area contributed by atoms with Gasteiger partial charge in [-0.25, -0.2) is 4.99 Å². The molecule has 1 aliphatic heterocycles. The van der Waals surface area contributed by atoms with Gasteiger partial charge in [-0.2, -0.15) is 0 Å². The summed E-state index contributed by atoms with van der Waals surface area (Å²) < 4.78 is 18.8. The first kappa shape index (κ1) is 39.0. The Hall–Kier alpha value is -8.26. The standard InChI is InChI=1S/C63H40IN3O/c1-64-62(40-16-5-2-6-17-40)48-23-11-13-25-54(48)65-63(64)49-24-15-27-60-61(49)53-39-44(31-35-59(53)68-60)43-30-34-58-52(38-43)51-37-42(29-33-57(51)67(58)46-20-9-4-10-21-46)41-28-32-56-50(36-41)47-22-12-14-26-55(47)66(56)45-18-7-3-8-19-45/h2-39H,1H2. The molecule has 0 radical (unpaired) electrons. The molecule has 3 aromatic heterocycles. The lowest BCUT2D eigenvalue weighted by molar-refractivity contribution is 0.669. The molecule has 1 aliphatic rings. The molecule has 68 heavy (non-hydrogen) atoms. The van der Waals surface area contributed by atoms with E-state index in [1.807, 2.05) is 0 Å². The normalized spacial score (nSPS) is 13.1. The molecule has 320 valence electrons. The van der Waals surface area contributed by atoms with Crippen LogP contribution in [0.4, 0.5) is 5.69 Å². The van der Waals surface area contributed by atoms with Gasteiger partial charge in [0, 0.05) is 58.3 Å². The summed E-state index contributed by atoms with van der Waals surface area (Å²) in [6, 6.07) is 83.3. The van der Waals surface area contributed by atoms with Gasteiger partial charge >= 0.3 is 0 Å². The Kier molecular flexibility index (Phi) is 8.83. The lowest BCUT2D eigenvalue weighted by Crippen LogP contribution is -2.09. The minimum atomic E-state index is -2.25. The number of aromatic nitrogens is 2. The summed E-state index contributed by atoms with van der Waals surface area (Å²) in [5.74, 6) is 0. The highest BCUT2D eigenvalue weighted by molar-refractivity contribution is 14.2. The molecular formula is C63H40IN3O. The van der Waals surface area contributed by atoms with Crippen molar-refractivity contribution in [3.63, 3.8) is 0 Å². The average Bonchev–Trinajstić information content (AvgIpc) is 4.06. The minimum Gasteiger partial charge on any atom is -0.456 e. The molecular weight excluding hydrogens is 942 g/mol. The fourth-order valence-electron chi connectivity index (χ4n) is 10.6. The molecule has 0 bridgehead atoms. The zero-order valence-corrected chi connectivity index (χ0v) is 38.9. The Balaban J connectivity index is 0.937. The van der Waals surface area contributed by atoms with Gasteiger partial charge in [0.1, 0.15) is 11.2 Å². The van der Waals surface area contributed by atoms with Crippen LogP contribution in [-0.4, -0.2) is 20.9 Å². The molecule has 0 unspecified atom stereocenters. The predicted molar refractivity (Wildman–Crippen MR) is 297 cm³/mol. The van der Waals surface area contributed by atoms with Gasteiger partial charge in [-0.1, -0.05) is 163 Å². The summed E-state index contributed by atoms with van der Waals surface area (Å²) in [6.45, 7) is 0. The maximum atomic E-state index is 6.63. The van der Waals surface area contributed by atoms with Crippen LogP contribution in [-0.2, 0) is 0 Å². The van der Waals surface area contributed by atoms with Crippen molar-refractivity contribution in [1.29, 1.82) is 0 Å². The number of rotatable bonds is 6. The molecule has 10 aromatic carbocycles. The Morgan fingerprint density at radius 1 is 0.368 bits per heavy atom. The Labute approximate surface area is 398 Å². The third-order valence-electron chi connectivity index (χ3n) is 13.7. The number of halogens is 1. The molecule has 4 heterocycles. The lowest BCUT2D eigenvalue weighted by Gasteiger charge is -2.20. The second-order valence-electron chi connectivity index (χ2n) is 17.5. The molecule has 0 fully saturated rings. The molecule has 0 N–H and O–H groups in total. The largest absolute Gasteiger partial charge is 0.456 e. The van der Waals surface area contributed by atoms with E-state index in [2.05, 4.69) is 240 Å². The number of hydrogen-bond acceptors (Lipinski definition) is 2. The molecule has 0 spiro atoms. The lowest BCUT2D eigenvalue weighted by atomic mass is 9.98. The summed E-state index contributed by atoms with van der Waals surface area (Å²) in [4.78, 5) is 5.41. The topological polar surface area (TPSA) is 35.4 Å². The van der Waals surface area contributed by atoms with Crippen LogP contribution in [0.25, 0.3) is 99.2 Å². The SMILES string of the molecule is C=I1=C(c2ccccc2)c2ccccc2N=C1c1cccc2oc3ccc(-c4ccc5c(c4)c4cc(-c6ccc7c(c6)c6ccccc6n7-c6ccccc6)ccc4n5-c4ccccc4)cc3c12. The maximum Gasteiger partial charge on any atom is 0.136 e. The van der Waals surface area contributed by atoms with Crippen LogP contribution in [0.1, 0.15) is 16.7 Å². The van der Waals surface area contributed by atoms with Crippen molar-refractivity contribution in [2.24, 2.45) is 4.99 Å². The smallest absolute Gasteiger partial charge is 0.136 e. The number of aliphatic imine (C=N–C) groups is 1. The highest BCUT2D eigenvalue weighted by Gasteiger charge is 2.23. The first-order valence-electron chi connectivity index (χ1n) is 22.9. The Bertz CT molecular complexity index is 4320. The van der Waals surface area contributed by atoms with E-state index in [0.29, 0.717) is 0 Å². The highest BCUT2D eigenvalue weighted by atomic mass is 127. The van der Waals surface area contributed by atoms with E-state index in [1.54, 1.807) is 0 Å². The number of nitrogens with zero attached hydrogens (tertiary/aromatic N) is 3. The van der Waals surface area contributed by atoms with Gasteiger partial charge in [0.2, 0.25) is 0 Å². The third-order valence-corrected chi connectivity index (χ3v) is 18.2. The summed E-state index contributed by atoms with van der Waals surface area (Å²) in [6.07, 6.45) is 0. The van der Waals surface area contributed by atoms with Crippen molar-refractivity contribution in [2.75, 3.05) is 0 Å². The van der Waals surface area contributed by atoms with E-state index in [0.717, 1.165) is 59.4 Å². The van der Waals surface area contributed by atoms with E-state index >= 15 is 0 Å². The van der Waals surface area contributed by atoms with Crippen LogP contribution in [0, 0.1) is 0 Å². The zero-order chi connectivity index (χ0) is 44.9. The van der Waals surface area contributed by atoms with Crippen LogP contribution in [0.3, 0.4) is 0 Å². The van der Waals surface area contributed by atoms with Crippen molar-refractivity contribution in [3.8, 4) is 33.6 Å². The van der Waals surface area contributed by atoms with Gasteiger partial charge in [-0.05, 0) is 119 Å². The molecule has 14 rings (SSSR count). The molecule has 0 atom stereocenters. The monoisotopic (exact) mass is 981 g/mol. The van der Waals surface area contributed by atoms with Crippen LogP contribution in [0.15, 0.2) is 240 Å². The first-order chi connectivity index (χ1) is 33.6. The van der Waals surface area contributed by atoms with Crippen LogP contribution < -0.4 is 0 Å². The predicted octanol–water partition coefficient (Wildman–Crippen LogP) is 16.7. The van der Waals surface area contributed by atoms with E-state index in [-0.39, 0.29) is 0 Å². The van der Waals surface area contributed by atoms with Gasteiger partial charge in [-0.15, -0.1) is 0 Å². The molecule has 13 aromatic rings. The van der Waals surface area contributed by atoms with E-state index in [4.69, 9.17) is 13.9 Å². The number of para-hydroxylation sites is 4. The number of hydrogen-bond donors (Lipinski definition) is 0. The maximum absolute atomic E-state index is 6.63. The quantitative estimate of drug-likeness (QED) is 0.153. The third kappa shape index (κ3) is 6.02. The van der Waals surface area contributed by atoms with Gasteiger partial charge in [0.15, 0.2) is 0 Å². The molecule has 0 saturated heterocycles. The van der Waals surface area contributed by atoms with Gasteiger partial charge in [0.25, 0.3) is 0 Å². The molecule has 5 heteroatoms. The molecule has 4 nitrogen and oxygen atoms in total. The van der Waals surface area contributed by atoms with Crippen LogP contribution >= 0.6 is 18.9 Å². The van der Waals surface area contributed by atoms with E-state index in [9.17, 15) is 0 Å². The number of furan rings is 1. The van der Waals surface area contributed by atoms with Crippen molar-refractivity contribution in [3.05, 3.63) is 247 Å². The fourth-order valence-corrected chi connectivity index (χ4v) is 15.1. The summed E-state index contributed by atoms with van der Waals surface area (Å²) >= 11 is -2.25. The summed E-state index contributed by atoms with van der Waals surface area (Å²) in [5.41, 5.74) is 17.9. The molecule has 0 saturated carbocycles. The van der Waals surface area contributed by atoms with Crippen LogP contribution in [0.2, 0.25) is 0 Å². The van der Waals surface area contributed by atoms with Crippen molar-refractivity contribution >= 4 is 102 Å². The second-order valence-corrected chi connectivity index (χ2v) is 21.7. The number of fused-ring (bicyclic) bond motifs is 10. The van der Waals surface area contributed by atoms with Crippen molar-refractivity contribution in [2.45, 2.75) is 0 Å². The minimum absolute atomic E-state index is 0.860. The summed E-state index contributed by atoms with van der Waals surface area (Å²) in [7, 11) is 0. The molecule has 0 aliphatic carbocycles. The molecule has 0 amide bonds. The van der Waals surface area contributed by atoms with Crippen LogP contribution in [0.5, 0.6) is 0 Å².